The van der Waals surface area contributed by atoms with Crippen LogP contribution in [0.2, 0.25) is 10.0 Å². The summed E-state index contributed by atoms with van der Waals surface area (Å²) < 4.78 is 0. The van der Waals surface area contributed by atoms with Gasteiger partial charge in [-0.05, 0) is 35.4 Å². The zero-order valence-corrected chi connectivity index (χ0v) is 11.5. The molecule has 0 fully saturated rings. The summed E-state index contributed by atoms with van der Waals surface area (Å²) in [5, 5.41) is 1.19. The van der Waals surface area contributed by atoms with Gasteiger partial charge in [-0.25, -0.2) is 0 Å². The Morgan fingerprint density at radius 2 is 1.11 bits per heavy atom. The summed E-state index contributed by atoms with van der Waals surface area (Å²) in [5.41, 5.74) is 1.34. The maximum atomic E-state index is 11.4. The summed E-state index contributed by atoms with van der Waals surface area (Å²) >= 11 is 18.1. The maximum Gasteiger partial charge on any atom is 0.149 e. The third-order valence-corrected chi connectivity index (χ3v) is 3.72. The van der Waals surface area contributed by atoms with Crippen LogP contribution in [0, 0.1) is 0 Å². The normalized spacial score (nSPS) is 11.3. The summed E-state index contributed by atoms with van der Waals surface area (Å²) in [6, 6.07) is 13.7. The number of hydrogen-bond acceptors (Lipinski definition) is 1. The van der Waals surface area contributed by atoms with Gasteiger partial charge in [-0.15, -0.1) is 11.6 Å². The predicted octanol–water partition coefficient (Wildman–Crippen LogP) is 4.67. The highest BCUT2D eigenvalue weighted by Gasteiger charge is 2.31. The number of alkyl halides is 1. The van der Waals surface area contributed by atoms with E-state index in [9.17, 15) is 4.79 Å². The third kappa shape index (κ3) is 2.54. The van der Waals surface area contributed by atoms with Gasteiger partial charge in [0.1, 0.15) is 11.2 Å². The van der Waals surface area contributed by atoms with Gasteiger partial charge in [-0.2, -0.15) is 0 Å². The minimum absolute atomic E-state index is 0.597. The van der Waals surface area contributed by atoms with Gasteiger partial charge in [0.2, 0.25) is 0 Å². The number of hydrogen-bond donors (Lipinski definition) is 0. The largest absolute Gasteiger partial charge is 0.301 e. The molecule has 0 atom stereocenters. The smallest absolute Gasteiger partial charge is 0.149 e. The number of carbonyl (C=O) groups is 1. The van der Waals surface area contributed by atoms with Crippen LogP contribution in [0.1, 0.15) is 11.1 Å². The van der Waals surface area contributed by atoms with E-state index in [0.717, 1.165) is 0 Å². The van der Waals surface area contributed by atoms with Crippen LogP contribution in [-0.4, -0.2) is 6.29 Å². The molecule has 0 unspecified atom stereocenters. The van der Waals surface area contributed by atoms with Gasteiger partial charge in [-0.1, -0.05) is 47.5 Å². The second kappa shape index (κ2) is 5.31. The van der Waals surface area contributed by atoms with E-state index in [0.29, 0.717) is 27.5 Å². The molecule has 0 aliphatic carbocycles. The van der Waals surface area contributed by atoms with E-state index in [4.69, 9.17) is 34.8 Å². The summed E-state index contributed by atoms with van der Waals surface area (Å²) in [5.74, 6) is 0. The molecule has 0 heterocycles. The highest BCUT2D eigenvalue weighted by Crippen LogP contribution is 2.35. The van der Waals surface area contributed by atoms with Crippen molar-refractivity contribution in [1.29, 1.82) is 0 Å². The highest BCUT2D eigenvalue weighted by atomic mass is 35.5. The quantitative estimate of drug-likeness (QED) is 0.594. The van der Waals surface area contributed by atoms with Gasteiger partial charge in [0.05, 0.1) is 0 Å². The van der Waals surface area contributed by atoms with Crippen molar-refractivity contribution in [1.82, 2.24) is 0 Å². The molecule has 0 aliphatic heterocycles. The first kappa shape index (κ1) is 13.4. The number of aldehydes is 1. The Morgan fingerprint density at radius 1 is 0.778 bits per heavy atom. The number of rotatable bonds is 3. The molecule has 0 N–H and O–H groups in total. The Hall–Kier alpha value is -1.02. The van der Waals surface area contributed by atoms with Crippen LogP contribution < -0.4 is 0 Å². The number of halogens is 3. The monoisotopic (exact) mass is 298 g/mol. The lowest BCUT2D eigenvalue weighted by molar-refractivity contribution is -0.109. The van der Waals surface area contributed by atoms with Gasteiger partial charge in [-0.3, -0.25) is 0 Å². The molecule has 0 aromatic heterocycles. The number of benzene rings is 2. The molecule has 2 aromatic rings. The van der Waals surface area contributed by atoms with Crippen LogP contribution in [0.4, 0.5) is 0 Å². The van der Waals surface area contributed by atoms with Crippen LogP contribution in [0.25, 0.3) is 0 Å². The fraction of sp³-hybridized carbons (Fsp3) is 0.0714. The first-order chi connectivity index (χ1) is 8.56. The first-order valence-electron chi connectivity index (χ1n) is 5.23. The van der Waals surface area contributed by atoms with Crippen molar-refractivity contribution in [2.24, 2.45) is 0 Å². The summed E-state index contributed by atoms with van der Waals surface area (Å²) in [6.45, 7) is 0. The molecule has 18 heavy (non-hydrogen) atoms. The average molecular weight is 300 g/mol. The van der Waals surface area contributed by atoms with E-state index in [-0.39, 0.29) is 0 Å². The molecule has 92 valence electrons. The van der Waals surface area contributed by atoms with E-state index in [1.54, 1.807) is 48.5 Å². The van der Waals surface area contributed by atoms with Crippen molar-refractivity contribution in [2.75, 3.05) is 0 Å². The standard InChI is InChI=1S/C14H9Cl3O/c15-12-5-1-10(2-6-12)14(17,9-18)11-3-7-13(16)8-4-11/h1-9H. The lowest BCUT2D eigenvalue weighted by Crippen LogP contribution is -2.22. The van der Waals surface area contributed by atoms with Crippen molar-refractivity contribution in [3.8, 4) is 0 Å². The number of carbonyl (C=O) groups excluding carboxylic acids is 1. The van der Waals surface area contributed by atoms with E-state index in [2.05, 4.69) is 0 Å². The maximum absolute atomic E-state index is 11.4. The Morgan fingerprint density at radius 3 is 1.39 bits per heavy atom. The second-order valence-corrected chi connectivity index (χ2v) is 5.31. The van der Waals surface area contributed by atoms with Crippen molar-refractivity contribution in [3.05, 3.63) is 69.7 Å². The molecule has 0 radical (unpaired) electrons. The fourth-order valence-electron chi connectivity index (χ4n) is 1.69. The molecule has 0 bridgehead atoms. The zero-order valence-electron chi connectivity index (χ0n) is 9.24. The van der Waals surface area contributed by atoms with Gasteiger partial charge >= 0.3 is 0 Å². The van der Waals surface area contributed by atoms with Crippen LogP contribution in [0.5, 0.6) is 0 Å². The van der Waals surface area contributed by atoms with Gasteiger partial charge in [0, 0.05) is 10.0 Å². The minimum Gasteiger partial charge on any atom is -0.301 e. The molecule has 0 saturated heterocycles. The van der Waals surface area contributed by atoms with Crippen LogP contribution in [-0.2, 0) is 9.67 Å². The molecule has 2 rings (SSSR count). The average Bonchev–Trinajstić information content (AvgIpc) is 2.39. The first-order valence-corrected chi connectivity index (χ1v) is 6.37. The van der Waals surface area contributed by atoms with Crippen LogP contribution in [0.15, 0.2) is 48.5 Å². The van der Waals surface area contributed by atoms with Gasteiger partial charge in [0.25, 0.3) is 0 Å². The van der Waals surface area contributed by atoms with Crippen molar-refractivity contribution in [2.45, 2.75) is 4.87 Å². The van der Waals surface area contributed by atoms with Crippen molar-refractivity contribution >= 4 is 41.1 Å². The minimum atomic E-state index is -1.21. The molecular formula is C14H9Cl3O. The molecule has 4 heteroatoms. The summed E-state index contributed by atoms with van der Waals surface area (Å²) in [4.78, 5) is 10.2. The summed E-state index contributed by atoms with van der Waals surface area (Å²) in [7, 11) is 0. The van der Waals surface area contributed by atoms with Crippen LogP contribution in [0.3, 0.4) is 0 Å². The van der Waals surface area contributed by atoms with Crippen molar-refractivity contribution in [3.63, 3.8) is 0 Å². The van der Waals surface area contributed by atoms with E-state index >= 15 is 0 Å². The molecule has 0 amide bonds. The topological polar surface area (TPSA) is 17.1 Å². The molecule has 1 nitrogen and oxygen atoms in total. The SMILES string of the molecule is O=CC(Cl)(c1ccc(Cl)cc1)c1ccc(Cl)cc1. The van der Waals surface area contributed by atoms with E-state index in [1.807, 2.05) is 0 Å². The Labute approximate surface area is 120 Å². The Kier molecular flexibility index (Phi) is 3.96. The van der Waals surface area contributed by atoms with Gasteiger partial charge in [0.15, 0.2) is 0 Å². The molecule has 0 aliphatic rings. The van der Waals surface area contributed by atoms with E-state index < -0.39 is 4.87 Å². The van der Waals surface area contributed by atoms with Crippen molar-refractivity contribution < 1.29 is 4.79 Å². The lowest BCUT2D eigenvalue weighted by Gasteiger charge is -2.21. The summed E-state index contributed by atoms with van der Waals surface area (Å²) in [6.07, 6.45) is 0.709. The Balaban J connectivity index is 2.50. The molecule has 0 spiro atoms. The van der Waals surface area contributed by atoms with E-state index in [1.165, 1.54) is 0 Å². The Bertz CT molecular complexity index is 501. The zero-order chi connectivity index (χ0) is 13.2. The fourth-order valence-corrected chi connectivity index (χ4v) is 2.19. The molecule has 2 aromatic carbocycles. The molecule has 0 saturated carbocycles. The highest BCUT2D eigenvalue weighted by molar-refractivity contribution is 6.34. The third-order valence-electron chi connectivity index (χ3n) is 2.69. The molecular weight excluding hydrogens is 291 g/mol. The predicted molar refractivity (Wildman–Crippen MR) is 75.6 cm³/mol. The van der Waals surface area contributed by atoms with Gasteiger partial charge < -0.3 is 4.79 Å². The van der Waals surface area contributed by atoms with Crippen LogP contribution >= 0.6 is 34.8 Å². The second-order valence-electron chi connectivity index (χ2n) is 3.84. The lowest BCUT2D eigenvalue weighted by atomic mass is 9.92.